The Morgan fingerprint density at radius 1 is 1.26 bits per heavy atom. The van der Waals surface area contributed by atoms with Crippen molar-refractivity contribution in [1.29, 1.82) is 0 Å². The number of amides is 1. The first-order chi connectivity index (χ1) is 11.0. The highest BCUT2D eigenvalue weighted by Crippen LogP contribution is 2.29. The van der Waals surface area contributed by atoms with Crippen LogP contribution in [0.1, 0.15) is 33.9 Å². The van der Waals surface area contributed by atoms with Gasteiger partial charge in [-0.1, -0.05) is 12.1 Å². The third kappa shape index (κ3) is 3.48. The predicted octanol–water partition coefficient (Wildman–Crippen LogP) is 4.81. The summed E-state index contributed by atoms with van der Waals surface area (Å²) in [4.78, 5) is 17.6. The van der Waals surface area contributed by atoms with Gasteiger partial charge in [0.1, 0.15) is 15.7 Å². The molecule has 0 saturated carbocycles. The standard InChI is InChI=1S/C17H15FN2OS2/c1-10(12-3-5-14(18)6-4-12)19-16(21)15-11(2)20-17(23-15)13-7-8-22-9-13/h3-10H,1-2H3,(H,19,21)/t10-/m0/s1. The van der Waals surface area contributed by atoms with Crippen LogP contribution in [0.25, 0.3) is 10.6 Å². The molecule has 1 amide bonds. The van der Waals surface area contributed by atoms with Gasteiger partial charge in [0.25, 0.3) is 5.91 Å². The Morgan fingerprint density at radius 2 is 2.00 bits per heavy atom. The first kappa shape index (κ1) is 15.8. The zero-order chi connectivity index (χ0) is 16.4. The molecule has 2 aromatic heterocycles. The molecule has 0 unspecified atom stereocenters. The molecule has 1 aromatic carbocycles. The molecule has 1 N–H and O–H groups in total. The van der Waals surface area contributed by atoms with E-state index in [0.717, 1.165) is 21.8 Å². The minimum Gasteiger partial charge on any atom is -0.345 e. The summed E-state index contributed by atoms with van der Waals surface area (Å²) < 4.78 is 13.0. The second kappa shape index (κ2) is 6.60. The molecule has 2 heterocycles. The van der Waals surface area contributed by atoms with Gasteiger partial charge in [-0.25, -0.2) is 9.37 Å². The van der Waals surface area contributed by atoms with Gasteiger partial charge in [0, 0.05) is 10.9 Å². The van der Waals surface area contributed by atoms with Gasteiger partial charge in [-0.2, -0.15) is 11.3 Å². The summed E-state index contributed by atoms with van der Waals surface area (Å²) in [6.45, 7) is 3.71. The molecular formula is C17H15FN2OS2. The minimum absolute atomic E-state index is 0.154. The largest absolute Gasteiger partial charge is 0.345 e. The van der Waals surface area contributed by atoms with E-state index in [1.165, 1.54) is 23.5 Å². The fourth-order valence-electron chi connectivity index (χ4n) is 2.21. The molecule has 23 heavy (non-hydrogen) atoms. The number of carbonyl (C=O) groups excluding carboxylic acids is 1. The van der Waals surface area contributed by atoms with Gasteiger partial charge in [0.15, 0.2) is 0 Å². The number of thiophene rings is 1. The number of rotatable bonds is 4. The van der Waals surface area contributed by atoms with Gasteiger partial charge in [-0.05, 0) is 43.0 Å². The van der Waals surface area contributed by atoms with Crippen molar-refractivity contribution in [2.75, 3.05) is 0 Å². The average molecular weight is 346 g/mol. The first-order valence-electron chi connectivity index (χ1n) is 7.11. The summed E-state index contributed by atoms with van der Waals surface area (Å²) in [7, 11) is 0. The lowest BCUT2D eigenvalue weighted by molar-refractivity contribution is 0.0943. The number of halogens is 1. The Hall–Kier alpha value is -2.05. The van der Waals surface area contributed by atoms with E-state index in [1.807, 2.05) is 30.7 Å². The van der Waals surface area contributed by atoms with Crippen LogP contribution in [0.5, 0.6) is 0 Å². The fraction of sp³-hybridized carbons (Fsp3) is 0.176. The average Bonchev–Trinajstić information content (AvgIpc) is 3.16. The van der Waals surface area contributed by atoms with Gasteiger partial charge in [-0.3, -0.25) is 4.79 Å². The molecule has 3 aromatic rings. The molecule has 118 valence electrons. The van der Waals surface area contributed by atoms with Crippen molar-refractivity contribution in [1.82, 2.24) is 10.3 Å². The van der Waals surface area contributed by atoms with Crippen LogP contribution >= 0.6 is 22.7 Å². The number of benzene rings is 1. The Labute approximate surface area is 141 Å². The van der Waals surface area contributed by atoms with Gasteiger partial charge in [0.05, 0.1) is 11.7 Å². The van der Waals surface area contributed by atoms with Gasteiger partial charge in [0.2, 0.25) is 0 Å². The SMILES string of the molecule is Cc1nc(-c2ccsc2)sc1C(=O)N[C@@H](C)c1ccc(F)cc1. The van der Waals surface area contributed by atoms with Crippen LogP contribution in [0.2, 0.25) is 0 Å². The highest BCUT2D eigenvalue weighted by atomic mass is 32.1. The fourth-order valence-corrected chi connectivity index (χ4v) is 3.89. The number of aromatic nitrogens is 1. The molecule has 0 spiro atoms. The number of hydrogen-bond donors (Lipinski definition) is 1. The Bertz CT molecular complexity index is 810. The van der Waals surface area contributed by atoms with Crippen LogP contribution in [0.15, 0.2) is 41.1 Å². The van der Waals surface area contributed by atoms with Crippen molar-refractivity contribution in [3.63, 3.8) is 0 Å². The van der Waals surface area contributed by atoms with Gasteiger partial charge >= 0.3 is 0 Å². The molecule has 0 aliphatic rings. The van der Waals surface area contributed by atoms with Crippen LogP contribution in [0, 0.1) is 12.7 Å². The monoisotopic (exact) mass is 346 g/mol. The van der Waals surface area contributed by atoms with Crippen LogP contribution < -0.4 is 5.32 Å². The summed E-state index contributed by atoms with van der Waals surface area (Å²) in [6, 6.07) is 7.93. The van der Waals surface area contributed by atoms with Crippen molar-refractivity contribution in [2.45, 2.75) is 19.9 Å². The number of carbonyl (C=O) groups is 1. The Morgan fingerprint density at radius 3 is 2.65 bits per heavy atom. The summed E-state index contributed by atoms with van der Waals surface area (Å²) in [6.07, 6.45) is 0. The van der Waals surface area contributed by atoms with E-state index >= 15 is 0 Å². The third-order valence-electron chi connectivity index (χ3n) is 3.49. The van der Waals surface area contributed by atoms with Gasteiger partial charge < -0.3 is 5.32 Å². The van der Waals surface area contributed by atoms with E-state index in [4.69, 9.17) is 0 Å². The molecule has 0 fully saturated rings. The highest BCUT2D eigenvalue weighted by molar-refractivity contribution is 7.17. The van der Waals surface area contributed by atoms with Gasteiger partial charge in [-0.15, -0.1) is 11.3 Å². The maximum absolute atomic E-state index is 13.0. The molecule has 3 nitrogen and oxygen atoms in total. The van der Waals surface area contributed by atoms with E-state index in [2.05, 4.69) is 10.3 Å². The van der Waals surface area contributed by atoms with E-state index in [0.29, 0.717) is 4.88 Å². The maximum atomic E-state index is 13.0. The second-order valence-electron chi connectivity index (χ2n) is 5.19. The molecule has 0 radical (unpaired) electrons. The molecule has 1 atom stereocenters. The third-order valence-corrected chi connectivity index (χ3v) is 5.38. The zero-order valence-electron chi connectivity index (χ0n) is 12.7. The number of nitrogens with zero attached hydrogens (tertiary/aromatic N) is 1. The van der Waals surface area contributed by atoms with Crippen molar-refractivity contribution in [2.24, 2.45) is 0 Å². The van der Waals surface area contributed by atoms with E-state index in [9.17, 15) is 9.18 Å². The lowest BCUT2D eigenvalue weighted by Crippen LogP contribution is -2.26. The summed E-state index contributed by atoms with van der Waals surface area (Å²) in [5, 5.41) is 7.80. The lowest BCUT2D eigenvalue weighted by Gasteiger charge is -2.13. The smallest absolute Gasteiger partial charge is 0.263 e. The zero-order valence-corrected chi connectivity index (χ0v) is 14.3. The predicted molar refractivity (Wildman–Crippen MR) is 92.4 cm³/mol. The van der Waals surface area contributed by atoms with Crippen molar-refractivity contribution < 1.29 is 9.18 Å². The first-order valence-corrected chi connectivity index (χ1v) is 8.87. The summed E-state index contributed by atoms with van der Waals surface area (Å²) in [5.41, 5.74) is 2.62. The summed E-state index contributed by atoms with van der Waals surface area (Å²) in [5.74, 6) is -0.440. The van der Waals surface area contributed by atoms with Crippen LogP contribution in [0.3, 0.4) is 0 Å². The second-order valence-corrected chi connectivity index (χ2v) is 6.97. The molecule has 0 aliphatic carbocycles. The lowest BCUT2D eigenvalue weighted by atomic mass is 10.1. The van der Waals surface area contributed by atoms with E-state index in [-0.39, 0.29) is 17.8 Å². The Kier molecular flexibility index (Phi) is 4.54. The summed E-state index contributed by atoms with van der Waals surface area (Å²) >= 11 is 2.99. The molecule has 0 aliphatic heterocycles. The number of nitrogens with one attached hydrogen (secondary N) is 1. The normalized spacial score (nSPS) is 12.1. The molecular weight excluding hydrogens is 331 g/mol. The topological polar surface area (TPSA) is 42.0 Å². The Balaban J connectivity index is 1.77. The quantitative estimate of drug-likeness (QED) is 0.736. The van der Waals surface area contributed by atoms with E-state index < -0.39 is 0 Å². The van der Waals surface area contributed by atoms with Crippen LogP contribution in [-0.4, -0.2) is 10.9 Å². The minimum atomic E-state index is -0.286. The molecule has 3 rings (SSSR count). The van der Waals surface area contributed by atoms with Crippen molar-refractivity contribution >= 4 is 28.6 Å². The number of thiazole rings is 1. The highest BCUT2D eigenvalue weighted by Gasteiger charge is 2.18. The van der Waals surface area contributed by atoms with Crippen molar-refractivity contribution in [3.05, 3.63) is 63.0 Å². The number of hydrogen-bond acceptors (Lipinski definition) is 4. The van der Waals surface area contributed by atoms with Crippen LogP contribution in [0.4, 0.5) is 4.39 Å². The van der Waals surface area contributed by atoms with Crippen molar-refractivity contribution in [3.8, 4) is 10.6 Å². The molecule has 0 bridgehead atoms. The van der Waals surface area contributed by atoms with E-state index in [1.54, 1.807) is 23.5 Å². The molecule has 6 heteroatoms. The molecule has 0 saturated heterocycles. The number of aryl methyl sites for hydroxylation is 1. The van der Waals surface area contributed by atoms with Crippen LogP contribution in [-0.2, 0) is 0 Å². The maximum Gasteiger partial charge on any atom is 0.263 e.